The molecule has 1 atom stereocenters. The van der Waals surface area contributed by atoms with Crippen molar-refractivity contribution in [3.8, 4) is 17.1 Å². The number of pyridine rings is 2. The molecule has 0 spiro atoms. The van der Waals surface area contributed by atoms with Gasteiger partial charge in [0.2, 0.25) is 5.60 Å². The van der Waals surface area contributed by atoms with Crippen LogP contribution in [0.5, 0.6) is 5.75 Å². The van der Waals surface area contributed by atoms with Gasteiger partial charge < -0.3 is 19.1 Å². The molecule has 8 nitrogen and oxygen atoms in total. The Morgan fingerprint density at radius 2 is 2.06 bits per heavy atom. The number of ether oxygens (including phenoxy) is 2. The Bertz CT molecular complexity index is 1340. The van der Waals surface area contributed by atoms with Crippen molar-refractivity contribution in [3.05, 3.63) is 56.9 Å². The molecule has 4 heterocycles. The van der Waals surface area contributed by atoms with E-state index in [0.29, 0.717) is 41.0 Å². The van der Waals surface area contributed by atoms with E-state index in [2.05, 4.69) is 0 Å². The number of phenols is 1. The summed E-state index contributed by atoms with van der Waals surface area (Å²) < 4.78 is 12.1. The third-order valence-corrected chi connectivity index (χ3v) is 6.36. The lowest BCUT2D eigenvalue weighted by atomic mass is 9.85. The monoisotopic (exact) mass is 420 g/mol. The van der Waals surface area contributed by atoms with Crippen LogP contribution < -0.4 is 5.56 Å². The van der Waals surface area contributed by atoms with E-state index >= 15 is 0 Å². The Morgan fingerprint density at radius 1 is 1.26 bits per heavy atom. The number of aryl methyl sites for hydroxylation is 1. The normalized spacial score (nSPS) is 18.8. The lowest BCUT2D eigenvalue weighted by Crippen LogP contribution is -2.46. The van der Waals surface area contributed by atoms with Gasteiger partial charge in [0.25, 0.3) is 12.0 Å². The Kier molecular flexibility index (Phi) is 4.15. The summed E-state index contributed by atoms with van der Waals surface area (Å²) >= 11 is 0. The van der Waals surface area contributed by atoms with Gasteiger partial charge >= 0.3 is 5.97 Å². The topological polar surface area (TPSA) is 108 Å². The van der Waals surface area contributed by atoms with Crippen molar-refractivity contribution < 1.29 is 24.2 Å². The maximum absolute atomic E-state index is 13.4. The summed E-state index contributed by atoms with van der Waals surface area (Å²) in [5, 5.41) is 10.8. The number of aromatic hydroxyl groups is 1. The van der Waals surface area contributed by atoms with Crippen molar-refractivity contribution in [2.45, 2.75) is 45.4 Å². The van der Waals surface area contributed by atoms with E-state index in [4.69, 9.17) is 14.5 Å². The molecule has 0 saturated carbocycles. The number of nitrogens with zero attached hydrogens (tertiary/aromatic N) is 2. The number of hydrogen-bond acceptors (Lipinski definition) is 7. The molecule has 158 valence electrons. The van der Waals surface area contributed by atoms with Crippen LogP contribution in [0.2, 0.25) is 0 Å². The Balaban J connectivity index is 1.83. The number of benzene rings is 1. The van der Waals surface area contributed by atoms with Gasteiger partial charge in [-0.3, -0.25) is 9.59 Å². The molecule has 0 saturated heterocycles. The summed E-state index contributed by atoms with van der Waals surface area (Å²) in [5.74, 6) is -0.533. The van der Waals surface area contributed by atoms with Gasteiger partial charge in [-0.25, -0.2) is 9.78 Å². The van der Waals surface area contributed by atoms with Crippen LogP contribution in [0.15, 0.2) is 29.1 Å². The van der Waals surface area contributed by atoms with E-state index in [-0.39, 0.29) is 30.8 Å². The average Bonchev–Trinajstić information content (AvgIpc) is 3.13. The minimum atomic E-state index is -1.65. The van der Waals surface area contributed by atoms with Crippen LogP contribution >= 0.6 is 0 Å². The van der Waals surface area contributed by atoms with Crippen molar-refractivity contribution in [1.82, 2.24) is 9.55 Å². The first-order chi connectivity index (χ1) is 14.9. The number of cyclic esters (lactones) is 1. The zero-order chi connectivity index (χ0) is 21.9. The van der Waals surface area contributed by atoms with Crippen LogP contribution in [0.3, 0.4) is 0 Å². The number of fused-ring (bicyclic) bond motifs is 5. The van der Waals surface area contributed by atoms with Crippen molar-refractivity contribution in [1.29, 1.82) is 0 Å². The first-order valence-corrected chi connectivity index (χ1v) is 10.2. The first kappa shape index (κ1) is 19.3. The maximum atomic E-state index is 13.4. The molecule has 2 aliphatic rings. The third-order valence-electron chi connectivity index (χ3n) is 6.36. The van der Waals surface area contributed by atoms with Gasteiger partial charge in [0.1, 0.15) is 12.4 Å². The number of esters is 1. The Labute approximate surface area is 177 Å². The summed E-state index contributed by atoms with van der Waals surface area (Å²) in [5.41, 5.74) is 2.57. The number of rotatable bonds is 4. The molecular weight excluding hydrogens is 400 g/mol. The molecule has 0 radical (unpaired) electrons. The quantitative estimate of drug-likeness (QED) is 0.399. The van der Waals surface area contributed by atoms with Crippen LogP contribution in [0.25, 0.3) is 22.3 Å². The number of carbonyl (C=O) groups is 2. The highest BCUT2D eigenvalue weighted by Crippen LogP contribution is 2.41. The molecule has 3 aromatic rings. The second kappa shape index (κ2) is 6.66. The average molecular weight is 420 g/mol. The number of aromatic nitrogens is 2. The van der Waals surface area contributed by atoms with Gasteiger partial charge in [-0.15, -0.1) is 0 Å². The molecular formula is C23H20N2O6. The van der Waals surface area contributed by atoms with Gasteiger partial charge in [0, 0.05) is 16.5 Å². The summed E-state index contributed by atoms with van der Waals surface area (Å²) in [7, 11) is 0. The molecule has 0 bridgehead atoms. The molecule has 31 heavy (non-hydrogen) atoms. The number of carbonyl (C=O) groups excluding carboxylic acids is 2. The van der Waals surface area contributed by atoms with Crippen molar-refractivity contribution in [3.63, 3.8) is 0 Å². The van der Waals surface area contributed by atoms with Crippen LogP contribution in [-0.4, -0.2) is 27.1 Å². The van der Waals surface area contributed by atoms with Crippen LogP contribution in [0, 0.1) is 0 Å². The largest absolute Gasteiger partial charge is 0.508 e. The highest BCUT2D eigenvalue weighted by atomic mass is 16.6. The van der Waals surface area contributed by atoms with E-state index in [1.165, 1.54) is 0 Å². The fourth-order valence-corrected chi connectivity index (χ4v) is 4.82. The molecule has 5 rings (SSSR count). The number of hydrogen-bond donors (Lipinski definition) is 1. The van der Waals surface area contributed by atoms with E-state index in [1.807, 2.05) is 6.92 Å². The van der Waals surface area contributed by atoms with Gasteiger partial charge in [-0.05, 0) is 42.7 Å². The number of phenolic OH excluding ortho intramolecular Hbond substituents is 1. The molecule has 2 aliphatic heterocycles. The summed E-state index contributed by atoms with van der Waals surface area (Å²) in [6.45, 7) is 4.10. The molecule has 1 N–H and O–H groups in total. The molecule has 0 amide bonds. The van der Waals surface area contributed by atoms with Crippen molar-refractivity contribution in [2.24, 2.45) is 0 Å². The first-order valence-electron chi connectivity index (χ1n) is 10.2. The summed E-state index contributed by atoms with van der Waals surface area (Å²) in [6.07, 6.45) is 0.833. The van der Waals surface area contributed by atoms with Gasteiger partial charge in [0.15, 0.2) is 0 Å². The molecule has 0 aliphatic carbocycles. The maximum Gasteiger partial charge on any atom is 0.355 e. The molecule has 2 aromatic heterocycles. The fourth-order valence-electron chi connectivity index (χ4n) is 4.82. The smallest absolute Gasteiger partial charge is 0.355 e. The standard InChI is InChI=1S/C23H20N2O6/c1-3-13-14-7-12(27)5-6-18(14)24-20-15(13)9-25-19(20)8-17-16(21(25)28)10-30-22(29)23(17,4-2)31-11-26/h5-8,11,27H,3-4,9-10H2,1-2H3/t23-/m0/s1. The van der Waals surface area contributed by atoms with Crippen LogP contribution in [-0.2, 0) is 44.2 Å². The Morgan fingerprint density at radius 3 is 2.77 bits per heavy atom. The zero-order valence-electron chi connectivity index (χ0n) is 17.1. The predicted octanol–water partition coefficient (Wildman–Crippen LogP) is 2.53. The van der Waals surface area contributed by atoms with E-state index in [0.717, 1.165) is 16.5 Å². The lowest BCUT2D eigenvalue weighted by molar-refractivity contribution is -0.182. The van der Waals surface area contributed by atoms with Crippen molar-refractivity contribution in [2.75, 3.05) is 0 Å². The minimum Gasteiger partial charge on any atom is -0.508 e. The van der Waals surface area contributed by atoms with E-state index < -0.39 is 11.6 Å². The Hall–Kier alpha value is -3.68. The summed E-state index contributed by atoms with van der Waals surface area (Å²) in [6, 6.07) is 6.73. The lowest BCUT2D eigenvalue weighted by Gasteiger charge is -2.34. The molecule has 0 unspecified atom stereocenters. The third kappa shape index (κ3) is 2.47. The second-order valence-corrected chi connectivity index (χ2v) is 7.76. The van der Waals surface area contributed by atoms with Crippen molar-refractivity contribution >= 4 is 23.3 Å². The van der Waals surface area contributed by atoms with Gasteiger partial charge in [0.05, 0.1) is 29.0 Å². The highest BCUT2D eigenvalue weighted by Gasteiger charge is 2.49. The van der Waals surface area contributed by atoms with Crippen LogP contribution in [0.4, 0.5) is 0 Å². The van der Waals surface area contributed by atoms with E-state index in [9.17, 15) is 19.5 Å². The van der Waals surface area contributed by atoms with Crippen LogP contribution in [0.1, 0.15) is 42.5 Å². The summed E-state index contributed by atoms with van der Waals surface area (Å²) in [4.78, 5) is 42.0. The van der Waals surface area contributed by atoms with E-state index in [1.54, 1.807) is 35.8 Å². The SMILES string of the molecule is CCc1c2c(nc3ccc(O)cc13)-c1cc3c(c(=O)n1C2)COC(=O)[C@@]3(CC)OC=O. The zero-order valence-corrected chi connectivity index (χ0v) is 17.1. The van der Waals surface area contributed by atoms with Gasteiger partial charge in [-0.1, -0.05) is 13.8 Å². The highest BCUT2D eigenvalue weighted by molar-refractivity contribution is 5.90. The molecule has 1 aromatic carbocycles. The molecule has 8 heteroatoms. The predicted molar refractivity (Wildman–Crippen MR) is 110 cm³/mol. The minimum absolute atomic E-state index is 0.137. The second-order valence-electron chi connectivity index (χ2n) is 7.76. The van der Waals surface area contributed by atoms with Gasteiger partial charge in [-0.2, -0.15) is 0 Å². The fraction of sp³-hybridized carbons (Fsp3) is 0.304. The molecule has 0 fully saturated rings.